The van der Waals surface area contributed by atoms with E-state index in [1.54, 1.807) is 0 Å². The summed E-state index contributed by atoms with van der Waals surface area (Å²) in [6.45, 7) is 6.66. The number of rotatable bonds is 2. The molecule has 0 radical (unpaired) electrons. The van der Waals surface area contributed by atoms with Crippen LogP contribution in [0.15, 0.2) is 6.07 Å². The second-order valence-electron chi connectivity index (χ2n) is 6.73. The molecule has 0 unspecified atom stereocenters. The number of likely N-dealkylation sites (N-methyl/N-ethyl adjacent to an activating group) is 1. The van der Waals surface area contributed by atoms with Crippen LogP contribution in [0.2, 0.25) is 0 Å². The van der Waals surface area contributed by atoms with Crippen molar-refractivity contribution in [2.24, 2.45) is 0 Å². The van der Waals surface area contributed by atoms with Gasteiger partial charge in [0.15, 0.2) is 0 Å². The fraction of sp³-hybridized carbons (Fsp3) is 0.556. The number of hydrogen-bond acceptors (Lipinski definition) is 5. The van der Waals surface area contributed by atoms with Crippen LogP contribution >= 0.6 is 11.3 Å². The van der Waals surface area contributed by atoms with Gasteiger partial charge >= 0.3 is 0 Å². The highest BCUT2D eigenvalue weighted by molar-refractivity contribution is 7.21. The van der Waals surface area contributed by atoms with Crippen LogP contribution < -0.4 is 5.73 Å². The molecular formula is C18H24N4OS. The van der Waals surface area contributed by atoms with Gasteiger partial charge in [-0.05, 0) is 43.9 Å². The van der Waals surface area contributed by atoms with Gasteiger partial charge in [0.05, 0.1) is 5.69 Å². The first-order valence-electron chi connectivity index (χ1n) is 8.89. The van der Waals surface area contributed by atoms with Gasteiger partial charge in [0, 0.05) is 37.3 Å². The minimum atomic E-state index is 0.0734. The molecule has 0 saturated carbocycles. The molecule has 0 aromatic carbocycles. The molecule has 2 aliphatic rings. The number of thiophene rings is 1. The summed E-state index contributed by atoms with van der Waals surface area (Å²) in [6, 6.07) is 2.18. The SMILES string of the molecule is CCN1CCN(C(=O)c2sc3nc4c(cc3c2N)CCCC4)CC1. The number of aromatic nitrogens is 1. The molecule has 2 N–H and O–H groups in total. The lowest BCUT2D eigenvalue weighted by Gasteiger charge is -2.33. The third kappa shape index (κ3) is 2.67. The molecule has 4 rings (SSSR count). The van der Waals surface area contributed by atoms with E-state index in [1.807, 2.05) is 4.90 Å². The molecule has 0 atom stereocenters. The van der Waals surface area contributed by atoms with Crippen molar-refractivity contribution >= 4 is 33.1 Å². The van der Waals surface area contributed by atoms with Gasteiger partial charge in [-0.3, -0.25) is 4.79 Å². The molecule has 0 bridgehead atoms. The first-order chi connectivity index (χ1) is 11.7. The summed E-state index contributed by atoms with van der Waals surface area (Å²) in [7, 11) is 0. The fourth-order valence-corrected chi connectivity index (χ4v) is 4.79. The number of hydrogen-bond donors (Lipinski definition) is 1. The Kier molecular flexibility index (Phi) is 4.18. The number of nitrogens with zero attached hydrogens (tertiary/aromatic N) is 3. The maximum Gasteiger partial charge on any atom is 0.266 e. The maximum atomic E-state index is 12.9. The molecule has 1 fully saturated rings. The van der Waals surface area contributed by atoms with E-state index >= 15 is 0 Å². The van der Waals surface area contributed by atoms with Crippen molar-refractivity contribution in [2.45, 2.75) is 32.6 Å². The zero-order valence-corrected chi connectivity index (χ0v) is 15.0. The minimum absolute atomic E-state index is 0.0734. The predicted molar refractivity (Wildman–Crippen MR) is 98.7 cm³/mol. The highest BCUT2D eigenvalue weighted by Gasteiger charge is 2.26. The Morgan fingerprint density at radius 1 is 1.25 bits per heavy atom. The molecule has 24 heavy (non-hydrogen) atoms. The monoisotopic (exact) mass is 344 g/mol. The first-order valence-corrected chi connectivity index (χ1v) is 9.71. The molecule has 2 aromatic rings. The molecule has 1 aliphatic heterocycles. The van der Waals surface area contributed by atoms with E-state index < -0.39 is 0 Å². The first kappa shape index (κ1) is 15.8. The van der Waals surface area contributed by atoms with Crippen LogP contribution in [0.3, 0.4) is 0 Å². The Labute approximate surface area is 146 Å². The lowest BCUT2D eigenvalue weighted by atomic mass is 9.95. The Balaban J connectivity index is 1.64. The summed E-state index contributed by atoms with van der Waals surface area (Å²) >= 11 is 1.46. The number of nitrogens with two attached hydrogens (primary N) is 1. The normalized spacial score (nSPS) is 18.8. The summed E-state index contributed by atoms with van der Waals surface area (Å²) < 4.78 is 0. The second-order valence-corrected chi connectivity index (χ2v) is 7.72. The van der Waals surface area contributed by atoms with Crippen LogP contribution in [0.4, 0.5) is 5.69 Å². The van der Waals surface area contributed by atoms with Crippen molar-refractivity contribution < 1.29 is 4.79 Å². The number of anilines is 1. The van der Waals surface area contributed by atoms with Crippen molar-refractivity contribution in [3.63, 3.8) is 0 Å². The number of fused-ring (bicyclic) bond motifs is 2. The van der Waals surface area contributed by atoms with E-state index in [1.165, 1.54) is 35.4 Å². The van der Waals surface area contributed by atoms with Crippen LogP contribution in [-0.2, 0) is 12.8 Å². The number of piperazine rings is 1. The van der Waals surface area contributed by atoms with Crippen molar-refractivity contribution in [3.8, 4) is 0 Å². The lowest BCUT2D eigenvalue weighted by Crippen LogP contribution is -2.48. The highest BCUT2D eigenvalue weighted by atomic mass is 32.1. The van der Waals surface area contributed by atoms with E-state index in [9.17, 15) is 4.79 Å². The molecule has 1 amide bonds. The predicted octanol–water partition coefficient (Wildman–Crippen LogP) is 2.54. The number of pyridine rings is 1. The molecule has 5 nitrogen and oxygen atoms in total. The molecular weight excluding hydrogens is 320 g/mol. The second kappa shape index (κ2) is 6.33. The summed E-state index contributed by atoms with van der Waals surface area (Å²) in [5.74, 6) is 0.0734. The quantitative estimate of drug-likeness (QED) is 0.909. The lowest BCUT2D eigenvalue weighted by molar-refractivity contribution is 0.0649. The number of carbonyl (C=O) groups excluding carboxylic acids is 1. The van der Waals surface area contributed by atoms with Crippen LogP contribution in [0.5, 0.6) is 0 Å². The Bertz CT molecular complexity index is 777. The van der Waals surface area contributed by atoms with Crippen molar-refractivity contribution in [1.29, 1.82) is 0 Å². The van der Waals surface area contributed by atoms with E-state index in [0.29, 0.717) is 10.6 Å². The van der Waals surface area contributed by atoms with Gasteiger partial charge in [0.2, 0.25) is 0 Å². The van der Waals surface area contributed by atoms with E-state index in [4.69, 9.17) is 10.7 Å². The molecule has 6 heteroatoms. The van der Waals surface area contributed by atoms with Gasteiger partial charge in [-0.2, -0.15) is 0 Å². The third-order valence-electron chi connectivity index (χ3n) is 5.30. The molecule has 1 saturated heterocycles. The number of carbonyl (C=O) groups is 1. The van der Waals surface area contributed by atoms with Gasteiger partial charge < -0.3 is 15.5 Å². The zero-order chi connectivity index (χ0) is 16.7. The zero-order valence-electron chi connectivity index (χ0n) is 14.2. The molecule has 3 heterocycles. The van der Waals surface area contributed by atoms with Gasteiger partial charge in [0.1, 0.15) is 9.71 Å². The van der Waals surface area contributed by atoms with Crippen molar-refractivity contribution in [3.05, 3.63) is 22.2 Å². The molecule has 2 aromatic heterocycles. The molecule has 0 spiro atoms. The Morgan fingerprint density at radius 3 is 2.75 bits per heavy atom. The summed E-state index contributed by atoms with van der Waals surface area (Å²) in [5, 5.41) is 0.969. The van der Waals surface area contributed by atoms with Gasteiger partial charge in [-0.15, -0.1) is 11.3 Å². The number of aryl methyl sites for hydroxylation is 2. The van der Waals surface area contributed by atoms with Crippen molar-refractivity contribution in [1.82, 2.24) is 14.8 Å². The minimum Gasteiger partial charge on any atom is -0.397 e. The summed E-state index contributed by atoms with van der Waals surface area (Å²) in [5.41, 5.74) is 9.48. The van der Waals surface area contributed by atoms with Crippen LogP contribution in [0.1, 0.15) is 40.7 Å². The number of amides is 1. The van der Waals surface area contributed by atoms with Gasteiger partial charge in [-0.1, -0.05) is 6.92 Å². The average molecular weight is 344 g/mol. The molecule has 1 aliphatic carbocycles. The van der Waals surface area contributed by atoms with Crippen LogP contribution in [-0.4, -0.2) is 53.4 Å². The van der Waals surface area contributed by atoms with Gasteiger partial charge in [-0.25, -0.2) is 4.98 Å². The third-order valence-corrected chi connectivity index (χ3v) is 6.40. The van der Waals surface area contributed by atoms with E-state index in [2.05, 4.69) is 17.9 Å². The standard InChI is InChI=1S/C18H24N4OS/c1-2-21-7-9-22(10-8-21)18(23)16-15(19)13-11-12-5-3-4-6-14(12)20-17(13)24-16/h11H,2-10,19H2,1H3. The topological polar surface area (TPSA) is 62.5 Å². The Hall–Kier alpha value is -1.66. The fourth-order valence-electron chi connectivity index (χ4n) is 3.73. The van der Waals surface area contributed by atoms with Crippen molar-refractivity contribution in [2.75, 3.05) is 38.5 Å². The Morgan fingerprint density at radius 2 is 2.00 bits per heavy atom. The molecule has 128 valence electrons. The average Bonchev–Trinajstić information content (AvgIpc) is 2.95. The van der Waals surface area contributed by atoms with E-state index in [-0.39, 0.29) is 5.91 Å². The van der Waals surface area contributed by atoms with Crippen LogP contribution in [0, 0.1) is 0 Å². The van der Waals surface area contributed by atoms with Gasteiger partial charge in [0.25, 0.3) is 5.91 Å². The largest absolute Gasteiger partial charge is 0.397 e. The summed E-state index contributed by atoms with van der Waals surface area (Å²) in [4.78, 5) is 23.6. The smallest absolute Gasteiger partial charge is 0.266 e. The van der Waals surface area contributed by atoms with E-state index in [0.717, 1.165) is 55.8 Å². The highest BCUT2D eigenvalue weighted by Crippen LogP contribution is 2.36. The van der Waals surface area contributed by atoms with Crippen LogP contribution in [0.25, 0.3) is 10.2 Å². The summed E-state index contributed by atoms with van der Waals surface area (Å²) in [6.07, 6.45) is 4.55. The number of nitrogen functional groups attached to an aromatic ring is 1. The maximum absolute atomic E-state index is 12.9.